The molecule has 0 aliphatic rings. The van der Waals surface area contributed by atoms with Gasteiger partial charge in [0.05, 0.1) is 25.1 Å². The molecule has 1 atom stereocenters. The van der Waals surface area contributed by atoms with Crippen LogP contribution in [0.4, 0.5) is 5.69 Å². The van der Waals surface area contributed by atoms with Crippen molar-refractivity contribution in [2.45, 2.75) is 13.0 Å². The standard InChI is InChI=1S/C13H20N2O4S/c1-10(9-20(3,17)18)14-8-13(16)15-11-6-4-5-7-12(11)19-2/h4-7,10,14H,8-9H2,1-3H3,(H,15,16). The minimum Gasteiger partial charge on any atom is -0.495 e. The molecule has 2 N–H and O–H groups in total. The van der Waals surface area contributed by atoms with Gasteiger partial charge in [0.1, 0.15) is 15.6 Å². The fraction of sp³-hybridized carbons (Fsp3) is 0.462. The Labute approximate surface area is 119 Å². The van der Waals surface area contributed by atoms with Crippen molar-refractivity contribution in [1.29, 1.82) is 0 Å². The maximum Gasteiger partial charge on any atom is 0.238 e. The Balaban J connectivity index is 2.48. The van der Waals surface area contributed by atoms with Gasteiger partial charge in [0.15, 0.2) is 0 Å². The highest BCUT2D eigenvalue weighted by atomic mass is 32.2. The van der Waals surface area contributed by atoms with Crippen LogP contribution in [0.1, 0.15) is 6.92 Å². The maximum absolute atomic E-state index is 11.8. The first kappa shape index (κ1) is 16.5. The Hall–Kier alpha value is -1.60. The van der Waals surface area contributed by atoms with Crippen molar-refractivity contribution in [1.82, 2.24) is 5.32 Å². The summed E-state index contributed by atoms with van der Waals surface area (Å²) in [4.78, 5) is 11.8. The summed E-state index contributed by atoms with van der Waals surface area (Å²) in [7, 11) is -1.53. The third-order valence-electron chi connectivity index (χ3n) is 2.54. The van der Waals surface area contributed by atoms with E-state index < -0.39 is 9.84 Å². The number of sulfone groups is 1. The van der Waals surface area contributed by atoms with Crippen LogP contribution in [0.3, 0.4) is 0 Å². The summed E-state index contributed by atoms with van der Waals surface area (Å²) in [6, 6.07) is 6.79. The van der Waals surface area contributed by atoms with E-state index in [0.717, 1.165) is 0 Å². The monoisotopic (exact) mass is 300 g/mol. The Morgan fingerprint density at radius 2 is 2.00 bits per heavy atom. The number of anilines is 1. The number of hydrogen-bond acceptors (Lipinski definition) is 5. The summed E-state index contributed by atoms with van der Waals surface area (Å²) >= 11 is 0. The number of nitrogens with one attached hydrogen (secondary N) is 2. The molecule has 0 radical (unpaired) electrons. The third-order valence-corrected chi connectivity index (χ3v) is 3.65. The van der Waals surface area contributed by atoms with Crippen LogP contribution in [-0.4, -0.2) is 46.0 Å². The van der Waals surface area contributed by atoms with Crippen LogP contribution in [0.2, 0.25) is 0 Å². The Kier molecular flexibility index (Phi) is 5.97. The third kappa shape index (κ3) is 6.03. The summed E-state index contributed by atoms with van der Waals surface area (Å²) < 4.78 is 27.3. The number of benzene rings is 1. The molecule has 0 aliphatic heterocycles. The van der Waals surface area contributed by atoms with Crippen molar-refractivity contribution in [3.8, 4) is 5.75 Å². The van der Waals surface area contributed by atoms with Crippen molar-refractivity contribution in [3.05, 3.63) is 24.3 Å². The zero-order valence-electron chi connectivity index (χ0n) is 11.8. The van der Waals surface area contributed by atoms with Gasteiger partial charge in [0.2, 0.25) is 5.91 Å². The second kappa shape index (κ2) is 7.25. The number of carbonyl (C=O) groups is 1. The van der Waals surface area contributed by atoms with Crippen LogP contribution in [0.25, 0.3) is 0 Å². The molecule has 0 bridgehead atoms. The number of para-hydroxylation sites is 2. The lowest BCUT2D eigenvalue weighted by molar-refractivity contribution is -0.115. The van der Waals surface area contributed by atoms with Crippen molar-refractivity contribution in [2.75, 3.05) is 31.0 Å². The van der Waals surface area contributed by atoms with E-state index in [1.165, 1.54) is 13.4 Å². The average molecular weight is 300 g/mol. The summed E-state index contributed by atoms with van der Waals surface area (Å²) in [5.74, 6) is 0.314. The quantitative estimate of drug-likeness (QED) is 0.772. The van der Waals surface area contributed by atoms with E-state index >= 15 is 0 Å². The SMILES string of the molecule is COc1ccccc1NC(=O)CNC(C)CS(C)(=O)=O. The van der Waals surface area contributed by atoms with Crippen molar-refractivity contribution < 1.29 is 17.9 Å². The van der Waals surface area contributed by atoms with Crippen LogP contribution in [0.15, 0.2) is 24.3 Å². The predicted octanol–water partition coefficient (Wildman–Crippen LogP) is 0.656. The van der Waals surface area contributed by atoms with E-state index in [0.29, 0.717) is 11.4 Å². The lowest BCUT2D eigenvalue weighted by Gasteiger charge is -2.13. The van der Waals surface area contributed by atoms with E-state index in [1.807, 2.05) is 0 Å². The van der Waals surface area contributed by atoms with Gasteiger partial charge in [0, 0.05) is 12.3 Å². The summed E-state index contributed by atoms with van der Waals surface area (Å²) in [5, 5.41) is 5.57. The molecule has 6 nitrogen and oxygen atoms in total. The number of methoxy groups -OCH3 is 1. The topological polar surface area (TPSA) is 84.5 Å². The number of amides is 1. The minimum absolute atomic E-state index is 0.00502. The molecular formula is C13H20N2O4S. The minimum atomic E-state index is -3.06. The zero-order valence-corrected chi connectivity index (χ0v) is 12.7. The lowest BCUT2D eigenvalue weighted by Crippen LogP contribution is -2.38. The average Bonchev–Trinajstić information content (AvgIpc) is 2.35. The Morgan fingerprint density at radius 3 is 2.60 bits per heavy atom. The molecule has 0 spiro atoms. The largest absolute Gasteiger partial charge is 0.495 e. The normalized spacial score (nSPS) is 12.8. The van der Waals surface area contributed by atoms with E-state index in [-0.39, 0.29) is 24.2 Å². The predicted molar refractivity (Wildman–Crippen MR) is 78.8 cm³/mol. The lowest BCUT2D eigenvalue weighted by atomic mass is 10.3. The molecule has 0 aliphatic carbocycles. The molecule has 0 aromatic heterocycles. The molecule has 0 heterocycles. The van der Waals surface area contributed by atoms with Gasteiger partial charge in [-0.3, -0.25) is 4.79 Å². The molecule has 1 unspecified atom stereocenters. The molecule has 112 valence electrons. The molecule has 0 saturated heterocycles. The van der Waals surface area contributed by atoms with Gasteiger partial charge in [-0.1, -0.05) is 12.1 Å². The first-order valence-electron chi connectivity index (χ1n) is 6.16. The van der Waals surface area contributed by atoms with Gasteiger partial charge < -0.3 is 15.4 Å². The van der Waals surface area contributed by atoms with Gasteiger partial charge in [-0.05, 0) is 19.1 Å². The van der Waals surface area contributed by atoms with Crippen LogP contribution in [0, 0.1) is 0 Å². The van der Waals surface area contributed by atoms with E-state index in [2.05, 4.69) is 10.6 Å². The Morgan fingerprint density at radius 1 is 1.35 bits per heavy atom. The second-order valence-corrected chi connectivity index (χ2v) is 6.81. The molecule has 0 saturated carbocycles. The first-order chi connectivity index (χ1) is 9.31. The summed E-state index contributed by atoms with van der Waals surface area (Å²) in [6.07, 6.45) is 1.17. The number of rotatable bonds is 7. The molecule has 7 heteroatoms. The highest BCUT2D eigenvalue weighted by molar-refractivity contribution is 7.90. The van der Waals surface area contributed by atoms with Gasteiger partial charge in [-0.25, -0.2) is 8.42 Å². The molecule has 1 amide bonds. The van der Waals surface area contributed by atoms with Gasteiger partial charge in [-0.15, -0.1) is 0 Å². The Bertz CT molecular complexity index is 557. The smallest absolute Gasteiger partial charge is 0.238 e. The van der Waals surface area contributed by atoms with E-state index in [4.69, 9.17) is 4.74 Å². The molecule has 1 rings (SSSR count). The second-order valence-electron chi connectivity index (χ2n) is 4.62. The molecule has 0 fully saturated rings. The van der Waals surface area contributed by atoms with Crippen molar-refractivity contribution in [3.63, 3.8) is 0 Å². The van der Waals surface area contributed by atoms with Gasteiger partial charge in [-0.2, -0.15) is 0 Å². The van der Waals surface area contributed by atoms with Crippen molar-refractivity contribution in [2.24, 2.45) is 0 Å². The molecule has 1 aromatic carbocycles. The van der Waals surface area contributed by atoms with Gasteiger partial charge >= 0.3 is 0 Å². The fourth-order valence-electron chi connectivity index (χ4n) is 1.72. The van der Waals surface area contributed by atoms with E-state index in [1.54, 1.807) is 31.2 Å². The molecule has 1 aromatic rings. The van der Waals surface area contributed by atoms with Crippen LogP contribution < -0.4 is 15.4 Å². The summed E-state index contributed by atoms with van der Waals surface area (Å²) in [6.45, 7) is 1.76. The first-order valence-corrected chi connectivity index (χ1v) is 8.22. The van der Waals surface area contributed by atoms with Crippen molar-refractivity contribution >= 4 is 21.4 Å². The highest BCUT2D eigenvalue weighted by Crippen LogP contribution is 2.22. The zero-order chi connectivity index (χ0) is 15.2. The highest BCUT2D eigenvalue weighted by Gasteiger charge is 2.12. The van der Waals surface area contributed by atoms with Crippen LogP contribution in [-0.2, 0) is 14.6 Å². The summed E-state index contributed by atoms with van der Waals surface area (Å²) in [5.41, 5.74) is 0.581. The van der Waals surface area contributed by atoms with Crippen LogP contribution in [0.5, 0.6) is 5.75 Å². The maximum atomic E-state index is 11.8. The van der Waals surface area contributed by atoms with Crippen LogP contribution >= 0.6 is 0 Å². The number of ether oxygens (including phenoxy) is 1. The van der Waals surface area contributed by atoms with E-state index in [9.17, 15) is 13.2 Å². The fourth-order valence-corrected chi connectivity index (χ4v) is 2.75. The number of hydrogen-bond donors (Lipinski definition) is 2. The van der Waals surface area contributed by atoms with Gasteiger partial charge in [0.25, 0.3) is 0 Å². The number of carbonyl (C=O) groups excluding carboxylic acids is 1. The molecular weight excluding hydrogens is 280 g/mol. The molecule has 20 heavy (non-hydrogen) atoms.